The number of ether oxygens (including phenoxy) is 1. The third kappa shape index (κ3) is 3.82. The van der Waals surface area contributed by atoms with Crippen LogP contribution in [0.1, 0.15) is 30.1 Å². The van der Waals surface area contributed by atoms with Crippen LogP contribution in [0.5, 0.6) is 5.75 Å². The summed E-state index contributed by atoms with van der Waals surface area (Å²) in [6, 6.07) is 7.49. The Balaban J connectivity index is 1.63. The lowest BCUT2D eigenvalue weighted by Gasteiger charge is -2.30. The highest BCUT2D eigenvalue weighted by Crippen LogP contribution is 2.19. The molecule has 0 atom stereocenters. The van der Waals surface area contributed by atoms with Crippen molar-refractivity contribution < 1.29 is 9.53 Å². The minimum absolute atomic E-state index is 0.0119. The number of hydrogen-bond acceptors (Lipinski definition) is 5. The zero-order valence-corrected chi connectivity index (χ0v) is 14.0. The van der Waals surface area contributed by atoms with E-state index in [2.05, 4.69) is 22.2 Å². The molecule has 1 saturated heterocycles. The molecule has 3 rings (SSSR count). The van der Waals surface area contributed by atoms with Gasteiger partial charge in [-0.1, -0.05) is 6.92 Å². The molecule has 6 heteroatoms. The number of carbonyl (C=O) groups is 1. The van der Waals surface area contributed by atoms with Crippen LogP contribution in [0.4, 0.5) is 11.6 Å². The third-order valence-corrected chi connectivity index (χ3v) is 4.32. The normalized spacial score (nSPS) is 15.2. The van der Waals surface area contributed by atoms with Crippen molar-refractivity contribution in [1.82, 2.24) is 14.9 Å². The average Bonchev–Trinajstić information content (AvgIpc) is 2.63. The Bertz CT molecular complexity index is 677. The van der Waals surface area contributed by atoms with E-state index in [-0.39, 0.29) is 5.91 Å². The van der Waals surface area contributed by atoms with Crippen molar-refractivity contribution in [2.24, 2.45) is 5.92 Å². The molecule has 2 aromatic rings. The van der Waals surface area contributed by atoms with E-state index in [0.29, 0.717) is 17.4 Å². The van der Waals surface area contributed by atoms with Gasteiger partial charge in [-0.05, 0) is 43.0 Å². The lowest BCUT2D eigenvalue weighted by Crippen LogP contribution is -2.38. The maximum Gasteiger partial charge on any atom is 0.256 e. The molecule has 0 radical (unpaired) electrons. The first-order valence-electron chi connectivity index (χ1n) is 8.18. The fraction of sp³-hybridized carbons (Fsp3) is 0.389. The van der Waals surface area contributed by atoms with Gasteiger partial charge < -0.3 is 15.0 Å². The summed E-state index contributed by atoms with van der Waals surface area (Å²) in [5.74, 6) is 1.96. The second-order valence-electron chi connectivity index (χ2n) is 6.12. The fourth-order valence-corrected chi connectivity index (χ4v) is 2.70. The van der Waals surface area contributed by atoms with E-state index in [1.54, 1.807) is 19.5 Å². The van der Waals surface area contributed by atoms with Crippen LogP contribution in [0, 0.1) is 5.92 Å². The molecule has 2 heterocycles. The number of anilines is 2. The molecule has 0 bridgehead atoms. The summed E-state index contributed by atoms with van der Waals surface area (Å²) in [5, 5.41) is 3.10. The lowest BCUT2D eigenvalue weighted by atomic mass is 9.99. The Hall–Kier alpha value is -2.63. The number of hydrogen-bond donors (Lipinski definition) is 1. The second kappa shape index (κ2) is 7.29. The van der Waals surface area contributed by atoms with Gasteiger partial charge >= 0.3 is 0 Å². The van der Waals surface area contributed by atoms with Crippen LogP contribution >= 0.6 is 0 Å². The monoisotopic (exact) mass is 326 g/mol. The first kappa shape index (κ1) is 16.2. The maximum absolute atomic E-state index is 12.5. The van der Waals surface area contributed by atoms with Crippen molar-refractivity contribution in [1.29, 1.82) is 0 Å². The van der Waals surface area contributed by atoms with E-state index in [0.717, 1.165) is 37.4 Å². The van der Waals surface area contributed by atoms with Crippen molar-refractivity contribution in [3.63, 3.8) is 0 Å². The summed E-state index contributed by atoms with van der Waals surface area (Å²) in [6.45, 7) is 3.85. The van der Waals surface area contributed by atoms with E-state index in [1.165, 1.54) is 0 Å². The van der Waals surface area contributed by atoms with Crippen LogP contribution in [0.15, 0.2) is 36.7 Å². The standard InChI is InChI=1S/C18H22N4O2/c1-13-7-9-22(10-8-13)17(23)14-11-19-18(20-12-14)21-15-3-5-16(24-2)6-4-15/h3-6,11-13H,7-10H2,1-2H3,(H,19,20,21). The minimum atomic E-state index is 0.0119. The largest absolute Gasteiger partial charge is 0.497 e. The van der Waals surface area contributed by atoms with Gasteiger partial charge in [-0.2, -0.15) is 0 Å². The molecule has 1 aliphatic heterocycles. The molecule has 1 aromatic heterocycles. The molecule has 1 fully saturated rings. The fourth-order valence-electron chi connectivity index (χ4n) is 2.70. The molecule has 1 amide bonds. The number of aromatic nitrogens is 2. The minimum Gasteiger partial charge on any atom is -0.497 e. The molecule has 0 unspecified atom stereocenters. The summed E-state index contributed by atoms with van der Waals surface area (Å²) < 4.78 is 5.12. The van der Waals surface area contributed by atoms with E-state index in [9.17, 15) is 4.79 Å². The third-order valence-electron chi connectivity index (χ3n) is 4.32. The van der Waals surface area contributed by atoms with Crippen molar-refractivity contribution in [3.8, 4) is 5.75 Å². The van der Waals surface area contributed by atoms with E-state index in [4.69, 9.17) is 4.74 Å². The molecular weight excluding hydrogens is 304 g/mol. The highest BCUT2D eigenvalue weighted by atomic mass is 16.5. The molecule has 6 nitrogen and oxygen atoms in total. The quantitative estimate of drug-likeness (QED) is 0.935. The Morgan fingerprint density at radius 1 is 1.17 bits per heavy atom. The molecule has 1 aromatic carbocycles. The summed E-state index contributed by atoms with van der Waals surface area (Å²) >= 11 is 0. The van der Waals surface area contributed by atoms with Crippen molar-refractivity contribution in [2.75, 3.05) is 25.5 Å². The summed E-state index contributed by atoms with van der Waals surface area (Å²) in [5.41, 5.74) is 1.39. The number of nitrogens with one attached hydrogen (secondary N) is 1. The molecule has 0 spiro atoms. The molecular formula is C18H22N4O2. The molecule has 24 heavy (non-hydrogen) atoms. The second-order valence-corrected chi connectivity index (χ2v) is 6.12. The number of amides is 1. The van der Waals surface area contributed by atoms with Crippen LogP contribution in [0.2, 0.25) is 0 Å². The van der Waals surface area contributed by atoms with Crippen LogP contribution in [0.25, 0.3) is 0 Å². The Morgan fingerprint density at radius 3 is 2.38 bits per heavy atom. The Morgan fingerprint density at radius 2 is 1.79 bits per heavy atom. The van der Waals surface area contributed by atoms with E-state index >= 15 is 0 Å². The molecule has 1 aliphatic rings. The summed E-state index contributed by atoms with van der Waals surface area (Å²) in [6.07, 6.45) is 5.28. The molecule has 0 saturated carbocycles. The number of benzene rings is 1. The highest BCUT2D eigenvalue weighted by Gasteiger charge is 2.21. The average molecular weight is 326 g/mol. The first-order chi connectivity index (χ1) is 11.7. The maximum atomic E-state index is 12.5. The van der Waals surface area contributed by atoms with Crippen molar-refractivity contribution in [3.05, 3.63) is 42.2 Å². The van der Waals surface area contributed by atoms with Crippen molar-refractivity contribution in [2.45, 2.75) is 19.8 Å². The topological polar surface area (TPSA) is 67.3 Å². The van der Waals surface area contributed by atoms with Crippen LogP contribution < -0.4 is 10.1 Å². The van der Waals surface area contributed by atoms with Gasteiger partial charge in [-0.15, -0.1) is 0 Å². The lowest BCUT2D eigenvalue weighted by molar-refractivity contribution is 0.0696. The van der Waals surface area contributed by atoms with Gasteiger partial charge in [0.25, 0.3) is 5.91 Å². The zero-order valence-electron chi connectivity index (χ0n) is 14.0. The van der Waals surface area contributed by atoms with Crippen LogP contribution in [-0.4, -0.2) is 41.0 Å². The molecule has 1 N–H and O–H groups in total. The smallest absolute Gasteiger partial charge is 0.256 e. The number of rotatable bonds is 4. The van der Waals surface area contributed by atoms with Gasteiger partial charge in [-0.3, -0.25) is 4.79 Å². The number of piperidine rings is 1. The van der Waals surface area contributed by atoms with Gasteiger partial charge in [0.05, 0.1) is 12.7 Å². The predicted octanol–water partition coefficient (Wildman–Crippen LogP) is 3.10. The van der Waals surface area contributed by atoms with E-state index < -0.39 is 0 Å². The summed E-state index contributed by atoms with van der Waals surface area (Å²) in [7, 11) is 1.63. The summed E-state index contributed by atoms with van der Waals surface area (Å²) in [4.78, 5) is 22.8. The SMILES string of the molecule is COc1ccc(Nc2ncc(C(=O)N3CCC(C)CC3)cn2)cc1. The van der Waals surface area contributed by atoms with Crippen LogP contribution in [0.3, 0.4) is 0 Å². The van der Waals surface area contributed by atoms with Gasteiger partial charge in [0, 0.05) is 31.2 Å². The predicted molar refractivity (Wildman–Crippen MR) is 92.6 cm³/mol. The molecule has 0 aliphatic carbocycles. The van der Waals surface area contributed by atoms with Gasteiger partial charge in [0.15, 0.2) is 0 Å². The first-order valence-corrected chi connectivity index (χ1v) is 8.18. The van der Waals surface area contributed by atoms with Crippen LogP contribution in [-0.2, 0) is 0 Å². The van der Waals surface area contributed by atoms with Crippen molar-refractivity contribution >= 4 is 17.5 Å². The number of likely N-dealkylation sites (tertiary alicyclic amines) is 1. The van der Waals surface area contributed by atoms with Gasteiger partial charge in [-0.25, -0.2) is 9.97 Å². The highest BCUT2D eigenvalue weighted by molar-refractivity contribution is 5.93. The number of carbonyl (C=O) groups excluding carboxylic acids is 1. The Kier molecular flexibility index (Phi) is 4.93. The number of nitrogens with zero attached hydrogens (tertiary/aromatic N) is 3. The number of methoxy groups -OCH3 is 1. The molecule has 126 valence electrons. The van der Waals surface area contributed by atoms with Gasteiger partial charge in [0.1, 0.15) is 5.75 Å². The van der Waals surface area contributed by atoms with Gasteiger partial charge in [0.2, 0.25) is 5.95 Å². The van der Waals surface area contributed by atoms with E-state index in [1.807, 2.05) is 29.2 Å². The zero-order chi connectivity index (χ0) is 16.9. The Labute approximate surface area is 141 Å².